The van der Waals surface area contributed by atoms with Gasteiger partial charge in [0, 0.05) is 19.2 Å². The SMILES string of the molecule is COc1ccccc1[C@H](CNS(=O)(=O)C1CC1)OC. The van der Waals surface area contributed by atoms with Crippen LogP contribution in [-0.4, -0.2) is 34.4 Å². The van der Waals surface area contributed by atoms with E-state index in [1.54, 1.807) is 14.2 Å². The molecule has 0 heterocycles. The van der Waals surface area contributed by atoms with Crippen molar-refractivity contribution in [2.75, 3.05) is 20.8 Å². The second kappa shape index (κ2) is 5.90. The maximum absolute atomic E-state index is 11.8. The molecule has 1 aromatic carbocycles. The summed E-state index contributed by atoms with van der Waals surface area (Å²) in [6, 6.07) is 7.44. The molecule has 1 aliphatic carbocycles. The Balaban J connectivity index is 2.07. The third-order valence-corrected chi connectivity index (χ3v) is 5.12. The van der Waals surface area contributed by atoms with Gasteiger partial charge in [0.2, 0.25) is 10.0 Å². The van der Waals surface area contributed by atoms with Gasteiger partial charge in [0.15, 0.2) is 0 Å². The quantitative estimate of drug-likeness (QED) is 0.824. The van der Waals surface area contributed by atoms with Crippen molar-refractivity contribution >= 4 is 10.0 Å². The van der Waals surface area contributed by atoms with E-state index < -0.39 is 10.0 Å². The Hall–Kier alpha value is -1.11. The Kier molecular flexibility index (Phi) is 4.44. The lowest BCUT2D eigenvalue weighted by Crippen LogP contribution is -2.31. The van der Waals surface area contributed by atoms with Crippen LogP contribution in [0.2, 0.25) is 0 Å². The summed E-state index contributed by atoms with van der Waals surface area (Å²) in [5.41, 5.74) is 0.839. The first-order valence-electron chi connectivity index (χ1n) is 6.22. The Labute approximate surface area is 114 Å². The Morgan fingerprint density at radius 3 is 2.58 bits per heavy atom. The van der Waals surface area contributed by atoms with Crippen molar-refractivity contribution in [2.24, 2.45) is 0 Å². The summed E-state index contributed by atoms with van der Waals surface area (Å²) in [5, 5.41) is -0.220. The molecular formula is C13H19NO4S. The third kappa shape index (κ3) is 3.46. The van der Waals surface area contributed by atoms with Gasteiger partial charge in [0.1, 0.15) is 5.75 Å². The van der Waals surface area contributed by atoms with Gasteiger partial charge in [-0.05, 0) is 18.9 Å². The van der Waals surface area contributed by atoms with Crippen LogP contribution in [0, 0.1) is 0 Å². The zero-order chi connectivity index (χ0) is 13.9. The van der Waals surface area contributed by atoms with E-state index in [0.29, 0.717) is 5.75 Å². The summed E-state index contributed by atoms with van der Waals surface area (Å²) < 4.78 is 36.8. The highest BCUT2D eigenvalue weighted by molar-refractivity contribution is 7.90. The van der Waals surface area contributed by atoms with E-state index >= 15 is 0 Å². The van der Waals surface area contributed by atoms with Gasteiger partial charge in [-0.3, -0.25) is 0 Å². The van der Waals surface area contributed by atoms with Crippen molar-refractivity contribution < 1.29 is 17.9 Å². The van der Waals surface area contributed by atoms with E-state index in [9.17, 15) is 8.42 Å². The Morgan fingerprint density at radius 2 is 2.00 bits per heavy atom. The summed E-state index contributed by atoms with van der Waals surface area (Å²) >= 11 is 0. The molecular weight excluding hydrogens is 266 g/mol. The minimum absolute atomic E-state index is 0.218. The number of hydrogen-bond acceptors (Lipinski definition) is 4. The van der Waals surface area contributed by atoms with Crippen molar-refractivity contribution in [3.8, 4) is 5.75 Å². The fourth-order valence-corrected chi connectivity index (χ4v) is 3.32. The topological polar surface area (TPSA) is 64.6 Å². The first-order chi connectivity index (χ1) is 9.08. The lowest BCUT2D eigenvalue weighted by molar-refractivity contribution is 0.105. The molecule has 1 saturated carbocycles. The molecule has 0 unspecified atom stereocenters. The highest BCUT2D eigenvalue weighted by Crippen LogP contribution is 2.29. The number of ether oxygens (including phenoxy) is 2. The van der Waals surface area contributed by atoms with Crippen molar-refractivity contribution in [1.29, 1.82) is 0 Å². The first kappa shape index (κ1) is 14.3. The molecule has 6 heteroatoms. The van der Waals surface area contributed by atoms with Crippen LogP contribution in [-0.2, 0) is 14.8 Å². The van der Waals surface area contributed by atoms with Crippen LogP contribution in [0.3, 0.4) is 0 Å². The molecule has 0 bridgehead atoms. The second-order valence-electron chi connectivity index (χ2n) is 4.56. The maximum atomic E-state index is 11.8. The average molecular weight is 285 g/mol. The number of rotatable bonds is 7. The lowest BCUT2D eigenvalue weighted by Gasteiger charge is -2.19. The van der Waals surface area contributed by atoms with Crippen molar-refractivity contribution in [2.45, 2.75) is 24.2 Å². The van der Waals surface area contributed by atoms with Crippen LogP contribution < -0.4 is 9.46 Å². The number of hydrogen-bond donors (Lipinski definition) is 1. The number of benzene rings is 1. The fourth-order valence-electron chi connectivity index (χ4n) is 1.94. The molecule has 5 nitrogen and oxygen atoms in total. The van der Waals surface area contributed by atoms with Crippen LogP contribution in [0.1, 0.15) is 24.5 Å². The van der Waals surface area contributed by atoms with Crippen LogP contribution >= 0.6 is 0 Å². The Morgan fingerprint density at radius 1 is 1.32 bits per heavy atom. The molecule has 1 fully saturated rings. The minimum Gasteiger partial charge on any atom is -0.496 e. The second-order valence-corrected chi connectivity index (χ2v) is 6.60. The van der Waals surface area contributed by atoms with Crippen LogP contribution in [0.25, 0.3) is 0 Å². The number of methoxy groups -OCH3 is 2. The van der Waals surface area contributed by atoms with Crippen LogP contribution in [0.5, 0.6) is 5.75 Å². The van der Waals surface area contributed by atoms with Crippen molar-refractivity contribution in [3.05, 3.63) is 29.8 Å². The molecule has 0 aromatic heterocycles. The highest BCUT2D eigenvalue weighted by atomic mass is 32.2. The molecule has 1 aliphatic rings. The lowest BCUT2D eigenvalue weighted by atomic mass is 10.1. The molecule has 0 aliphatic heterocycles. The van der Waals surface area contributed by atoms with E-state index in [1.165, 1.54) is 0 Å². The van der Waals surface area contributed by atoms with Crippen LogP contribution in [0.4, 0.5) is 0 Å². The fraction of sp³-hybridized carbons (Fsp3) is 0.538. The zero-order valence-corrected chi connectivity index (χ0v) is 11.9. The number of sulfonamides is 1. The van der Waals surface area contributed by atoms with Gasteiger partial charge in [0.25, 0.3) is 0 Å². The number of para-hydroxylation sites is 1. The van der Waals surface area contributed by atoms with Gasteiger partial charge in [-0.15, -0.1) is 0 Å². The molecule has 0 spiro atoms. The molecule has 19 heavy (non-hydrogen) atoms. The summed E-state index contributed by atoms with van der Waals surface area (Å²) in [6.07, 6.45) is 1.15. The summed E-state index contributed by atoms with van der Waals surface area (Å²) in [4.78, 5) is 0. The largest absolute Gasteiger partial charge is 0.496 e. The maximum Gasteiger partial charge on any atom is 0.214 e. The zero-order valence-electron chi connectivity index (χ0n) is 11.1. The third-order valence-electron chi connectivity index (χ3n) is 3.20. The van der Waals surface area contributed by atoms with Gasteiger partial charge in [-0.1, -0.05) is 18.2 Å². The van der Waals surface area contributed by atoms with E-state index in [2.05, 4.69) is 4.72 Å². The van der Waals surface area contributed by atoms with E-state index in [-0.39, 0.29) is 17.9 Å². The van der Waals surface area contributed by atoms with Crippen molar-refractivity contribution in [3.63, 3.8) is 0 Å². The van der Waals surface area contributed by atoms with Gasteiger partial charge in [-0.2, -0.15) is 0 Å². The molecule has 106 valence electrons. The van der Waals surface area contributed by atoms with Gasteiger partial charge < -0.3 is 9.47 Å². The monoisotopic (exact) mass is 285 g/mol. The average Bonchev–Trinajstić information content (AvgIpc) is 3.24. The smallest absolute Gasteiger partial charge is 0.214 e. The van der Waals surface area contributed by atoms with E-state index in [0.717, 1.165) is 18.4 Å². The molecule has 0 radical (unpaired) electrons. The van der Waals surface area contributed by atoms with Crippen LogP contribution in [0.15, 0.2) is 24.3 Å². The predicted octanol–water partition coefficient (Wildman–Crippen LogP) is 1.46. The summed E-state index contributed by atoms with van der Waals surface area (Å²) in [6.45, 7) is 0.218. The highest BCUT2D eigenvalue weighted by Gasteiger charge is 2.35. The molecule has 1 aromatic rings. The van der Waals surface area contributed by atoms with Gasteiger partial charge >= 0.3 is 0 Å². The minimum atomic E-state index is -3.19. The molecule has 0 amide bonds. The van der Waals surface area contributed by atoms with Crippen molar-refractivity contribution in [1.82, 2.24) is 4.72 Å². The summed E-state index contributed by atoms with van der Waals surface area (Å²) in [7, 11) is -0.0493. The molecule has 0 saturated heterocycles. The predicted molar refractivity (Wildman–Crippen MR) is 72.7 cm³/mol. The number of nitrogens with one attached hydrogen (secondary N) is 1. The van der Waals surface area contributed by atoms with E-state index in [1.807, 2.05) is 24.3 Å². The molecule has 1 N–H and O–H groups in total. The molecule has 1 atom stereocenters. The normalized spacial score (nSPS) is 17.2. The summed E-state index contributed by atoms with van der Waals surface area (Å²) in [5.74, 6) is 0.694. The van der Waals surface area contributed by atoms with Gasteiger partial charge in [-0.25, -0.2) is 13.1 Å². The van der Waals surface area contributed by atoms with Gasteiger partial charge in [0.05, 0.1) is 18.5 Å². The standard InChI is InChI=1S/C13H19NO4S/c1-17-12-6-4-3-5-11(12)13(18-2)9-14-19(15,16)10-7-8-10/h3-6,10,13-14H,7-9H2,1-2H3/t13-/m0/s1. The van der Waals surface area contributed by atoms with E-state index in [4.69, 9.17) is 9.47 Å². The molecule has 2 rings (SSSR count). The Bertz CT molecular complexity index is 525. The first-order valence-corrected chi connectivity index (χ1v) is 7.77.